The molecule has 0 aromatic heterocycles. The number of carbonyl (C=O) groups excluding carboxylic acids is 2. The summed E-state index contributed by atoms with van der Waals surface area (Å²) < 4.78 is 17.1. The number of allylic oxidation sites excluding steroid dienone is 1. The average Bonchev–Trinajstić information content (AvgIpc) is 3.25. The third-order valence-corrected chi connectivity index (χ3v) is 7.13. The molecule has 0 fully saturated rings. The van der Waals surface area contributed by atoms with E-state index in [1.807, 2.05) is 81.4 Å². The first-order valence-electron chi connectivity index (χ1n) is 13.2. The molecule has 0 bridgehead atoms. The number of nitrogens with zero attached hydrogens (tertiary/aromatic N) is 2. The van der Waals surface area contributed by atoms with Gasteiger partial charge in [0.1, 0.15) is 34.3 Å². The molecule has 2 aliphatic heterocycles. The van der Waals surface area contributed by atoms with Crippen molar-refractivity contribution in [3.05, 3.63) is 114 Å². The summed E-state index contributed by atoms with van der Waals surface area (Å²) in [5.74, 6) is 1.35. The lowest BCUT2D eigenvalue weighted by atomic mass is 9.89. The van der Waals surface area contributed by atoms with Gasteiger partial charge in [-0.25, -0.2) is 9.79 Å². The molecule has 0 saturated heterocycles. The summed E-state index contributed by atoms with van der Waals surface area (Å²) in [7, 11) is 1.50. The molecule has 0 spiro atoms. The summed E-state index contributed by atoms with van der Waals surface area (Å²) in [6.45, 7) is 5.98. The van der Waals surface area contributed by atoms with Crippen LogP contribution in [0.3, 0.4) is 0 Å². The van der Waals surface area contributed by atoms with Gasteiger partial charge in [0, 0.05) is 11.1 Å². The monoisotopic (exact) mass is 544 g/mol. The predicted molar refractivity (Wildman–Crippen MR) is 159 cm³/mol. The van der Waals surface area contributed by atoms with E-state index in [1.54, 1.807) is 41.3 Å². The van der Waals surface area contributed by atoms with Crippen molar-refractivity contribution in [1.29, 1.82) is 0 Å². The molecular formula is C34H28N2O5. The van der Waals surface area contributed by atoms with Crippen molar-refractivity contribution in [1.82, 2.24) is 0 Å². The summed E-state index contributed by atoms with van der Waals surface area (Å²) in [5.41, 5.74) is 3.79. The lowest BCUT2D eigenvalue weighted by Gasteiger charge is -2.38. The highest BCUT2D eigenvalue weighted by Gasteiger charge is 2.46. The van der Waals surface area contributed by atoms with Crippen molar-refractivity contribution >= 4 is 34.5 Å². The third-order valence-electron chi connectivity index (χ3n) is 7.13. The Morgan fingerprint density at radius 2 is 1.49 bits per heavy atom. The fourth-order valence-electron chi connectivity index (χ4n) is 5.36. The van der Waals surface area contributed by atoms with E-state index in [-0.39, 0.29) is 11.6 Å². The van der Waals surface area contributed by atoms with Gasteiger partial charge >= 0.3 is 5.97 Å². The Morgan fingerprint density at radius 1 is 0.829 bits per heavy atom. The van der Waals surface area contributed by atoms with Gasteiger partial charge in [0.15, 0.2) is 0 Å². The summed E-state index contributed by atoms with van der Waals surface area (Å²) in [6, 6.07) is 27.1. The lowest BCUT2D eigenvalue weighted by Crippen LogP contribution is -2.47. The van der Waals surface area contributed by atoms with E-state index in [0.29, 0.717) is 34.1 Å². The second-order valence-electron chi connectivity index (χ2n) is 10.4. The molecule has 0 atom stereocenters. The van der Waals surface area contributed by atoms with Gasteiger partial charge in [0.25, 0.3) is 5.91 Å². The Labute approximate surface area is 238 Å². The highest BCUT2D eigenvalue weighted by atomic mass is 16.5. The Kier molecular flexibility index (Phi) is 6.42. The van der Waals surface area contributed by atoms with Crippen LogP contribution in [0.2, 0.25) is 0 Å². The molecule has 7 nitrogen and oxygen atoms in total. The van der Waals surface area contributed by atoms with Crippen LogP contribution in [0.4, 0.5) is 11.4 Å². The van der Waals surface area contributed by atoms with E-state index in [1.165, 1.54) is 7.11 Å². The standard InChI is InChI=1S/C34H28N2O5/c1-21-20-34(2,3)36-31-27(21)18-25(41-33(38)26-12-8-9-13-29(26)39-4)19-28(31)30(32(36)37)35-22-14-16-24(17-15-22)40-23-10-6-5-7-11-23/h5-20H,1-4H3. The minimum Gasteiger partial charge on any atom is -0.496 e. The number of esters is 1. The van der Waals surface area contributed by atoms with Crippen LogP contribution in [-0.4, -0.2) is 30.2 Å². The van der Waals surface area contributed by atoms with E-state index >= 15 is 0 Å². The average molecular weight is 545 g/mol. The molecule has 0 aliphatic carbocycles. The molecule has 2 heterocycles. The van der Waals surface area contributed by atoms with E-state index in [9.17, 15) is 9.59 Å². The number of methoxy groups -OCH3 is 1. The molecule has 0 unspecified atom stereocenters. The molecule has 41 heavy (non-hydrogen) atoms. The van der Waals surface area contributed by atoms with Crippen molar-refractivity contribution in [3.63, 3.8) is 0 Å². The number of ether oxygens (including phenoxy) is 3. The second kappa shape index (κ2) is 10.1. The number of benzene rings is 4. The minimum atomic E-state index is -0.566. The van der Waals surface area contributed by atoms with Crippen molar-refractivity contribution in [2.45, 2.75) is 26.3 Å². The van der Waals surface area contributed by atoms with Crippen molar-refractivity contribution in [2.75, 3.05) is 12.0 Å². The number of rotatable bonds is 6. The summed E-state index contributed by atoms with van der Waals surface area (Å²) in [4.78, 5) is 33.5. The summed E-state index contributed by atoms with van der Waals surface area (Å²) >= 11 is 0. The SMILES string of the molecule is COc1ccccc1C(=O)Oc1cc2c3c(c1)C(=Nc1ccc(Oc4ccccc4)cc1)C(=O)N3C(C)(C)C=C2C. The van der Waals surface area contributed by atoms with E-state index in [2.05, 4.69) is 0 Å². The maximum Gasteiger partial charge on any atom is 0.347 e. The lowest BCUT2D eigenvalue weighted by molar-refractivity contribution is -0.112. The molecule has 4 aromatic carbocycles. The van der Waals surface area contributed by atoms with Crippen molar-refractivity contribution in [3.8, 4) is 23.0 Å². The van der Waals surface area contributed by atoms with Gasteiger partial charge in [-0.05, 0) is 87.0 Å². The number of hydrogen-bond donors (Lipinski definition) is 0. The van der Waals surface area contributed by atoms with Gasteiger partial charge < -0.3 is 14.2 Å². The van der Waals surface area contributed by atoms with Gasteiger partial charge in [-0.15, -0.1) is 0 Å². The molecule has 0 radical (unpaired) electrons. The Balaban J connectivity index is 1.39. The van der Waals surface area contributed by atoms with Crippen molar-refractivity contribution < 1.29 is 23.8 Å². The topological polar surface area (TPSA) is 77.4 Å². The molecular weight excluding hydrogens is 516 g/mol. The van der Waals surface area contributed by atoms with Crippen molar-refractivity contribution in [2.24, 2.45) is 4.99 Å². The molecule has 4 aromatic rings. The van der Waals surface area contributed by atoms with Crippen LogP contribution >= 0.6 is 0 Å². The number of amides is 1. The number of carbonyl (C=O) groups is 2. The molecule has 1 amide bonds. The highest BCUT2D eigenvalue weighted by Crippen LogP contribution is 2.47. The first kappa shape index (κ1) is 26.1. The smallest absolute Gasteiger partial charge is 0.347 e. The normalized spacial score (nSPS) is 15.8. The van der Waals surface area contributed by atoms with Crippen LogP contribution in [0.5, 0.6) is 23.0 Å². The third kappa shape index (κ3) is 4.76. The molecule has 6 rings (SSSR count). The van der Waals surface area contributed by atoms with Gasteiger partial charge in [-0.3, -0.25) is 9.69 Å². The summed E-state index contributed by atoms with van der Waals surface area (Å²) in [5, 5.41) is 0. The van der Waals surface area contributed by atoms with Gasteiger partial charge in [-0.1, -0.05) is 36.4 Å². The zero-order chi connectivity index (χ0) is 28.7. The Morgan fingerprint density at radius 3 is 2.22 bits per heavy atom. The molecule has 0 N–H and O–H groups in total. The van der Waals surface area contributed by atoms with Crippen LogP contribution in [0.1, 0.15) is 42.3 Å². The van der Waals surface area contributed by atoms with Crippen LogP contribution in [0.15, 0.2) is 102 Å². The van der Waals surface area contributed by atoms with Crippen LogP contribution in [-0.2, 0) is 4.79 Å². The minimum absolute atomic E-state index is 0.215. The molecule has 2 aliphatic rings. The Bertz CT molecular complexity index is 1740. The molecule has 204 valence electrons. The van der Waals surface area contributed by atoms with E-state index < -0.39 is 11.5 Å². The first-order chi connectivity index (χ1) is 19.7. The van der Waals surface area contributed by atoms with E-state index in [4.69, 9.17) is 19.2 Å². The summed E-state index contributed by atoms with van der Waals surface area (Å²) in [6.07, 6.45) is 2.04. The largest absolute Gasteiger partial charge is 0.496 e. The van der Waals surface area contributed by atoms with Gasteiger partial charge in [0.2, 0.25) is 0 Å². The van der Waals surface area contributed by atoms with Gasteiger partial charge in [0.05, 0.1) is 24.0 Å². The van der Waals surface area contributed by atoms with Crippen LogP contribution in [0, 0.1) is 0 Å². The number of anilines is 1. The number of hydrogen-bond acceptors (Lipinski definition) is 6. The zero-order valence-electron chi connectivity index (χ0n) is 23.2. The fraction of sp³-hybridized carbons (Fsp3) is 0.147. The zero-order valence-corrected chi connectivity index (χ0v) is 23.2. The quantitative estimate of drug-likeness (QED) is 0.187. The molecule has 7 heteroatoms. The maximum absolute atomic E-state index is 13.9. The predicted octanol–water partition coefficient (Wildman–Crippen LogP) is 7.37. The second-order valence-corrected chi connectivity index (χ2v) is 10.4. The number of para-hydroxylation sites is 2. The van der Waals surface area contributed by atoms with Crippen LogP contribution < -0.4 is 19.1 Å². The Hall–Kier alpha value is -5.17. The first-order valence-corrected chi connectivity index (χ1v) is 13.2. The van der Waals surface area contributed by atoms with Crippen LogP contribution in [0.25, 0.3) is 5.57 Å². The van der Waals surface area contributed by atoms with E-state index in [0.717, 1.165) is 22.6 Å². The number of aliphatic imine (C=N–C) groups is 1. The van der Waals surface area contributed by atoms with Gasteiger partial charge in [-0.2, -0.15) is 0 Å². The highest BCUT2D eigenvalue weighted by molar-refractivity contribution is 6.55. The maximum atomic E-state index is 13.9. The molecule has 0 saturated carbocycles. The fourth-order valence-corrected chi connectivity index (χ4v) is 5.36.